The number of likely N-dealkylation sites (N-methyl/N-ethyl adjacent to an activating group) is 1. The Bertz CT molecular complexity index is 252. The molecular formula is C10H15NS. The van der Waals surface area contributed by atoms with Crippen LogP contribution >= 0.6 is 11.3 Å². The van der Waals surface area contributed by atoms with Crippen molar-refractivity contribution in [2.45, 2.75) is 19.9 Å². The molecule has 0 saturated carbocycles. The normalized spacial score (nSPS) is 12.8. The largest absolute Gasteiger partial charge is 0.307 e. The van der Waals surface area contributed by atoms with Crippen molar-refractivity contribution in [3.8, 4) is 0 Å². The van der Waals surface area contributed by atoms with Crippen LogP contribution in [0.15, 0.2) is 23.4 Å². The van der Waals surface area contributed by atoms with Gasteiger partial charge in [0, 0.05) is 0 Å². The smallest absolute Gasteiger partial charge is 0.0514 e. The molecular weight excluding hydrogens is 166 g/mol. The number of hydrogen-bond donors (Lipinski definition) is 1. The summed E-state index contributed by atoms with van der Waals surface area (Å²) in [5.74, 6) is 0. The van der Waals surface area contributed by atoms with Crippen molar-refractivity contribution in [1.29, 1.82) is 0 Å². The Balaban J connectivity index is 2.79. The summed E-state index contributed by atoms with van der Waals surface area (Å²) in [5, 5.41) is 7.72. The van der Waals surface area contributed by atoms with Crippen molar-refractivity contribution in [1.82, 2.24) is 5.32 Å². The zero-order valence-electron chi connectivity index (χ0n) is 7.63. The van der Waals surface area contributed by atoms with Crippen LogP contribution in [0.5, 0.6) is 0 Å². The molecule has 1 nitrogen and oxygen atoms in total. The summed E-state index contributed by atoms with van der Waals surface area (Å²) >= 11 is 1.75. The van der Waals surface area contributed by atoms with E-state index in [-0.39, 0.29) is 0 Å². The van der Waals surface area contributed by atoms with Crippen LogP contribution in [0.2, 0.25) is 0 Å². The first-order valence-corrected chi connectivity index (χ1v) is 5.12. The Labute approximate surface area is 78.1 Å². The van der Waals surface area contributed by atoms with Gasteiger partial charge in [-0.25, -0.2) is 0 Å². The maximum Gasteiger partial charge on any atom is 0.0514 e. The topological polar surface area (TPSA) is 12.0 Å². The Hall–Kier alpha value is -0.600. The van der Waals surface area contributed by atoms with Gasteiger partial charge in [-0.15, -0.1) is 6.58 Å². The van der Waals surface area contributed by atoms with Gasteiger partial charge in [0.25, 0.3) is 0 Å². The molecule has 0 saturated heterocycles. The second-order valence-electron chi connectivity index (χ2n) is 2.78. The predicted molar refractivity (Wildman–Crippen MR) is 55.7 cm³/mol. The van der Waals surface area contributed by atoms with Gasteiger partial charge in [-0.2, -0.15) is 11.3 Å². The van der Waals surface area contributed by atoms with Crippen LogP contribution in [0.3, 0.4) is 0 Å². The molecule has 0 spiro atoms. The lowest BCUT2D eigenvalue weighted by Crippen LogP contribution is -2.18. The lowest BCUT2D eigenvalue weighted by Gasteiger charge is -2.12. The third-order valence-electron chi connectivity index (χ3n) is 1.89. The third-order valence-corrected chi connectivity index (χ3v) is 2.77. The highest BCUT2D eigenvalue weighted by molar-refractivity contribution is 7.08. The van der Waals surface area contributed by atoms with Gasteiger partial charge in [0.05, 0.1) is 6.04 Å². The van der Waals surface area contributed by atoms with Gasteiger partial charge in [-0.1, -0.05) is 13.0 Å². The summed E-state index contributed by atoms with van der Waals surface area (Å²) < 4.78 is 0. The number of aryl methyl sites for hydroxylation is 1. The van der Waals surface area contributed by atoms with Gasteiger partial charge < -0.3 is 5.32 Å². The van der Waals surface area contributed by atoms with E-state index in [2.05, 4.69) is 36.5 Å². The first-order valence-electron chi connectivity index (χ1n) is 4.18. The Kier molecular flexibility index (Phi) is 3.50. The van der Waals surface area contributed by atoms with Crippen LogP contribution < -0.4 is 5.32 Å². The van der Waals surface area contributed by atoms with E-state index in [1.807, 2.05) is 6.08 Å². The molecule has 0 fully saturated rings. The fourth-order valence-electron chi connectivity index (χ4n) is 1.23. The van der Waals surface area contributed by atoms with Gasteiger partial charge in [-0.05, 0) is 35.4 Å². The van der Waals surface area contributed by atoms with Gasteiger partial charge in [0.15, 0.2) is 0 Å². The lowest BCUT2D eigenvalue weighted by atomic mass is 10.1. The number of rotatable bonds is 4. The highest BCUT2D eigenvalue weighted by Crippen LogP contribution is 2.21. The van der Waals surface area contributed by atoms with E-state index in [0.717, 1.165) is 6.54 Å². The van der Waals surface area contributed by atoms with E-state index < -0.39 is 0 Å². The highest BCUT2D eigenvalue weighted by atomic mass is 32.1. The molecule has 0 amide bonds. The second-order valence-corrected chi connectivity index (χ2v) is 3.52. The zero-order valence-corrected chi connectivity index (χ0v) is 8.45. The molecule has 1 aromatic heterocycles. The Morgan fingerprint density at radius 1 is 1.67 bits per heavy atom. The molecule has 1 aromatic rings. The SMILES string of the molecule is C=CC(NCC)c1cscc1C. The van der Waals surface area contributed by atoms with E-state index >= 15 is 0 Å². The van der Waals surface area contributed by atoms with E-state index in [4.69, 9.17) is 0 Å². The predicted octanol–water partition coefficient (Wildman–Crippen LogP) is 2.89. The molecule has 1 unspecified atom stereocenters. The zero-order chi connectivity index (χ0) is 8.97. The maximum absolute atomic E-state index is 3.82. The summed E-state index contributed by atoms with van der Waals surface area (Å²) in [6.07, 6.45) is 1.96. The standard InChI is InChI=1S/C10H15NS/c1-4-10(11-5-2)9-7-12-6-8(9)3/h4,6-7,10-11H,1,5H2,2-3H3. The molecule has 66 valence electrons. The molecule has 1 N–H and O–H groups in total. The van der Waals surface area contributed by atoms with Gasteiger partial charge in [0.2, 0.25) is 0 Å². The number of thiophene rings is 1. The minimum Gasteiger partial charge on any atom is -0.307 e. The molecule has 0 aliphatic carbocycles. The fraction of sp³-hybridized carbons (Fsp3) is 0.400. The van der Waals surface area contributed by atoms with Crippen LogP contribution in [-0.2, 0) is 0 Å². The van der Waals surface area contributed by atoms with Crippen molar-refractivity contribution >= 4 is 11.3 Å². The van der Waals surface area contributed by atoms with E-state index in [1.165, 1.54) is 11.1 Å². The third kappa shape index (κ3) is 1.96. The molecule has 0 aliphatic rings. The summed E-state index contributed by atoms with van der Waals surface area (Å²) in [7, 11) is 0. The summed E-state index contributed by atoms with van der Waals surface area (Å²) in [5.41, 5.74) is 2.71. The fourth-order valence-corrected chi connectivity index (χ4v) is 2.12. The van der Waals surface area contributed by atoms with Crippen molar-refractivity contribution in [2.24, 2.45) is 0 Å². The summed E-state index contributed by atoms with van der Waals surface area (Å²) in [6, 6.07) is 0.321. The maximum atomic E-state index is 3.82. The molecule has 2 heteroatoms. The number of hydrogen-bond acceptors (Lipinski definition) is 2. The van der Waals surface area contributed by atoms with Crippen LogP contribution in [0.1, 0.15) is 24.1 Å². The first-order chi connectivity index (χ1) is 5.79. The molecule has 0 aliphatic heterocycles. The average Bonchev–Trinajstić information content (AvgIpc) is 2.47. The van der Waals surface area contributed by atoms with Gasteiger partial charge >= 0.3 is 0 Å². The second kappa shape index (κ2) is 4.43. The number of nitrogens with one attached hydrogen (secondary N) is 1. The van der Waals surface area contributed by atoms with Crippen LogP contribution in [0.4, 0.5) is 0 Å². The quantitative estimate of drug-likeness (QED) is 0.704. The van der Waals surface area contributed by atoms with Crippen molar-refractivity contribution in [3.63, 3.8) is 0 Å². The monoisotopic (exact) mass is 181 g/mol. The molecule has 0 radical (unpaired) electrons. The highest BCUT2D eigenvalue weighted by Gasteiger charge is 2.08. The minimum atomic E-state index is 0.321. The van der Waals surface area contributed by atoms with E-state index in [1.54, 1.807) is 11.3 Å². The van der Waals surface area contributed by atoms with Crippen molar-refractivity contribution in [3.05, 3.63) is 34.5 Å². The molecule has 1 rings (SSSR count). The summed E-state index contributed by atoms with van der Waals surface area (Å²) in [4.78, 5) is 0. The molecule has 0 aromatic carbocycles. The van der Waals surface area contributed by atoms with Crippen molar-refractivity contribution < 1.29 is 0 Å². The molecule has 1 heterocycles. The Morgan fingerprint density at radius 2 is 2.42 bits per heavy atom. The first kappa shape index (κ1) is 9.49. The average molecular weight is 181 g/mol. The van der Waals surface area contributed by atoms with Gasteiger partial charge in [0.1, 0.15) is 0 Å². The Morgan fingerprint density at radius 3 is 2.83 bits per heavy atom. The van der Waals surface area contributed by atoms with E-state index in [0.29, 0.717) is 6.04 Å². The lowest BCUT2D eigenvalue weighted by molar-refractivity contribution is 0.648. The summed E-state index contributed by atoms with van der Waals surface area (Å²) in [6.45, 7) is 9.04. The van der Waals surface area contributed by atoms with E-state index in [9.17, 15) is 0 Å². The van der Waals surface area contributed by atoms with Crippen LogP contribution in [-0.4, -0.2) is 6.54 Å². The van der Waals surface area contributed by atoms with Crippen LogP contribution in [0.25, 0.3) is 0 Å². The molecule has 0 bridgehead atoms. The molecule has 12 heavy (non-hydrogen) atoms. The van der Waals surface area contributed by atoms with Crippen molar-refractivity contribution in [2.75, 3.05) is 6.54 Å². The van der Waals surface area contributed by atoms with Crippen LogP contribution in [0, 0.1) is 6.92 Å². The minimum absolute atomic E-state index is 0.321. The molecule has 1 atom stereocenters. The van der Waals surface area contributed by atoms with Gasteiger partial charge in [-0.3, -0.25) is 0 Å².